The minimum Gasteiger partial charge on any atom is -0.340 e. The molecule has 3 aromatic rings. The Bertz CT molecular complexity index is 878. The van der Waals surface area contributed by atoms with Crippen molar-refractivity contribution in [1.29, 1.82) is 5.26 Å². The number of benzene rings is 1. The second-order valence-electron chi connectivity index (χ2n) is 6.59. The highest BCUT2D eigenvalue weighted by molar-refractivity contribution is 5.78. The molecule has 0 spiro atoms. The lowest BCUT2D eigenvalue weighted by Crippen LogP contribution is -1.99. The molecule has 0 atom stereocenters. The fourth-order valence-electron chi connectivity index (χ4n) is 3.56. The number of nitriles is 1. The highest BCUT2D eigenvalue weighted by atomic mass is 15.0. The van der Waals surface area contributed by atoms with Crippen LogP contribution in [0.25, 0.3) is 22.3 Å². The van der Waals surface area contributed by atoms with Gasteiger partial charge in [-0.25, -0.2) is 9.97 Å². The Morgan fingerprint density at radius 1 is 1.00 bits per heavy atom. The number of aromatic nitrogens is 3. The lowest BCUT2D eigenvalue weighted by molar-refractivity contribution is 0.567. The SMILES string of the molecule is N#Cc1ccc(-c2cnc3nc(C4CCCCCC4)[nH]c3c2)cc1. The number of nitrogens with zero attached hydrogens (tertiary/aromatic N) is 3. The highest BCUT2D eigenvalue weighted by Crippen LogP contribution is 2.31. The van der Waals surface area contributed by atoms with E-state index in [1.165, 1.54) is 38.5 Å². The molecule has 1 aliphatic rings. The van der Waals surface area contributed by atoms with Crippen molar-refractivity contribution < 1.29 is 0 Å². The molecule has 0 unspecified atom stereocenters. The van der Waals surface area contributed by atoms with Crippen LogP contribution in [-0.2, 0) is 0 Å². The van der Waals surface area contributed by atoms with Crippen LogP contribution < -0.4 is 0 Å². The average Bonchev–Trinajstić information content (AvgIpc) is 2.86. The predicted molar refractivity (Wildman–Crippen MR) is 94.5 cm³/mol. The van der Waals surface area contributed by atoms with E-state index in [0.29, 0.717) is 11.5 Å². The number of aromatic amines is 1. The number of nitrogens with one attached hydrogen (secondary N) is 1. The molecule has 2 aromatic heterocycles. The first-order valence-electron chi connectivity index (χ1n) is 8.70. The van der Waals surface area contributed by atoms with E-state index >= 15 is 0 Å². The van der Waals surface area contributed by atoms with E-state index in [2.05, 4.69) is 22.1 Å². The van der Waals surface area contributed by atoms with Gasteiger partial charge in [0.25, 0.3) is 0 Å². The molecule has 0 saturated heterocycles. The molecule has 1 aliphatic carbocycles. The lowest BCUT2D eigenvalue weighted by atomic mass is 10.00. The second kappa shape index (κ2) is 6.45. The van der Waals surface area contributed by atoms with Crippen molar-refractivity contribution in [2.45, 2.75) is 44.4 Å². The molecule has 4 nitrogen and oxygen atoms in total. The van der Waals surface area contributed by atoms with E-state index < -0.39 is 0 Å². The van der Waals surface area contributed by atoms with Crippen LogP contribution in [0.15, 0.2) is 36.5 Å². The van der Waals surface area contributed by atoms with Gasteiger partial charge in [-0.3, -0.25) is 0 Å². The molecule has 0 bridgehead atoms. The third kappa shape index (κ3) is 2.90. The zero-order valence-corrected chi connectivity index (χ0v) is 13.6. The van der Waals surface area contributed by atoms with Crippen molar-refractivity contribution in [3.63, 3.8) is 0 Å². The molecule has 1 N–H and O–H groups in total. The molecular weight excluding hydrogens is 296 g/mol. The van der Waals surface area contributed by atoms with Gasteiger partial charge < -0.3 is 4.98 Å². The summed E-state index contributed by atoms with van der Waals surface area (Å²) in [4.78, 5) is 12.8. The van der Waals surface area contributed by atoms with Crippen molar-refractivity contribution >= 4 is 11.2 Å². The van der Waals surface area contributed by atoms with E-state index in [1.54, 1.807) is 0 Å². The summed E-state index contributed by atoms with van der Waals surface area (Å²) >= 11 is 0. The summed E-state index contributed by atoms with van der Waals surface area (Å²) in [6, 6.07) is 11.9. The van der Waals surface area contributed by atoms with Gasteiger partial charge in [0.1, 0.15) is 5.82 Å². The van der Waals surface area contributed by atoms with Gasteiger partial charge in [0, 0.05) is 17.7 Å². The first kappa shape index (κ1) is 14.9. The van der Waals surface area contributed by atoms with Crippen molar-refractivity contribution in [3.05, 3.63) is 47.9 Å². The number of fused-ring (bicyclic) bond motifs is 1. The van der Waals surface area contributed by atoms with Crippen LogP contribution in [0.5, 0.6) is 0 Å². The number of hydrogen-bond acceptors (Lipinski definition) is 3. The van der Waals surface area contributed by atoms with Crippen LogP contribution in [0.3, 0.4) is 0 Å². The molecule has 1 aromatic carbocycles. The molecule has 0 amide bonds. The van der Waals surface area contributed by atoms with Crippen LogP contribution in [0.1, 0.15) is 55.8 Å². The summed E-state index contributed by atoms with van der Waals surface area (Å²) in [6.45, 7) is 0. The molecule has 120 valence electrons. The molecule has 1 fully saturated rings. The lowest BCUT2D eigenvalue weighted by Gasteiger charge is -2.09. The van der Waals surface area contributed by atoms with E-state index in [4.69, 9.17) is 10.2 Å². The van der Waals surface area contributed by atoms with Gasteiger partial charge in [-0.15, -0.1) is 0 Å². The Morgan fingerprint density at radius 3 is 2.46 bits per heavy atom. The van der Waals surface area contributed by atoms with Gasteiger partial charge in [-0.2, -0.15) is 5.26 Å². The third-order valence-corrected chi connectivity index (χ3v) is 4.94. The molecule has 4 heteroatoms. The summed E-state index contributed by atoms with van der Waals surface area (Å²) in [6.07, 6.45) is 9.60. The van der Waals surface area contributed by atoms with Crippen LogP contribution in [0.4, 0.5) is 0 Å². The number of H-pyrrole nitrogens is 1. The van der Waals surface area contributed by atoms with E-state index in [9.17, 15) is 0 Å². The highest BCUT2D eigenvalue weighted by Gasteiger charge is 2.18. The first-order valence-corrected chi connectivity index (χ1v) is 8.70. The summed E-state index contributed by atoms with van der Waals surface area (Å²) in [5.74, 6) is 1.64. The summed E-state index contributed by atoms with van der Waals surface area (Å²) < 4.78 is 0. The van der Waals surface area contributed by atoms with Crippen LogP contribution in [-0.4, -0.2) is 15.0 Å². The Balaban J connectivity index is 1.66. The van der Waals surface area contributed by atoms with Crippen molar-refractivity contribution in [1.82, 2.24) is 15.0 Å². The van der Waals surface area contributed by atoms with E-state index in [1.807, 2.05) is 30.5 Å². The minimum atomic E-state index is 0.542. The van der Waals surface area contributed by atoms with E-state index in [-0.39, 0.29) is 0 Å². The molecule has 0 radical (unpaired) electrons. The zero-order valence-electron chi connectivity index (χ0n) is 13.6. The van der Waals surface area contributed by atoms with Gasteiger partial charge in [0.2, 0.25) is 0 Å². The van der Waals surface area contributed by atoms with Gasteiger partial charge in [0.15, 0.2) is 5.65 Å². The smallest absolute Gasteiger partial charge is 0.177 e. The fourth-order valence-corrected chi connectivity index (χ4v) is 3.56. The zero-order chi connectivity index (χ0) is 16.4. The quantitative estimate of drug-likeness (QED) is 0.681. The molecule has 24 heavy (non-hydrogen) atoms. The van der Waals surface area contributed by atoms with Crippen LogP contribution >= 0.6 is 0 Å². The Kier molecular flexibility index (Phi) is 4.00. The number of imidazole rings is 1. The largest absolute Gasteiger partial charge is 0.340 e. The number of rotatable bonds is 2. The summed E-state index contributed by atoms with van der Waals surface area (Å²) in [5, 5.41) is 8.91. The summed E-state index contributed by atoms with van der Waals surface area (Å²) in [7, 11) is 0. The maximum Gasteiger partial charge on any atom is 0.177 e. The fraction of sp³-hybridized carbons (Fsp3) is 0.350. The van der Waals surface area contributed by atoms with Gasteiger partial charge >= 0.3 is 0 Å². The monoisotopic (exact) mass is 316 g/mol. The number of pyridine rings is 1. The normalized spacial score (nSPS) is 16.0. The van der Waals surface area contributed by atoms with Crippen molar-refractivity contribution in [2.75, 3.05) is 0 Å². The first-order chi connectivity index (χ1) is 11.8. The van der Waals surface area contributed by atoms with E-state index in [0.717, 1.165) is 28.1 Å². The Morgan fingerprint density at radius 2 is 1.75 bits per heavy atom. The average molecular weight is 316 g/mol. The maximum absolute atomic E-state index is 8.91. The topological polar surface area (TPSA) is 65.4 Å². The second-order valence-corrected chi connectivity index (χ2v) is 6.59. The standard InChI is InChI=1S/C20H20N4/c21-12-14-7-9-15(10-8-14)17-11-18-20(22-13-17)24-19(23-18)16-5-3-1-2-4-6-16/h7-11,13,16H,1-6H2,(H,22,23,24). The molecular formula is C20H20N4. The van der Waals surface area contributed by atoms with Crippen LogP contribution in [0, 0.1) is 11.3 Å². The van der Waals surface area contributed by atoms with Crippen molar-refractivity contribution in [3.8, 4) is 17.2 Å². The van der Waals surface area contributed by atoms with Gasteiger partial charge in [-0.1, -0.05) is 37.8 Å². The van der Waals surface area contributed by atoms with Gasteiger partial charge in [-0.05, 0) is 36.6 Å². The van der Waals surface area contributed by atoms with Gasteiger partial charge in [0.05, 0.1) is 17.1 Å². The predicted octanol–water partition coefficient (Wildman–Crippen LogP) is 4.93. The Hall–Kier alpha value is -2.67. The maximum atomic E-state index is 8.91. The minimum absolute atomic E-state index is 0.542. The molecule has 2 heterocycles. The third-order valence-electron chi connectivity index (χ3n) is 4.94. The van der Waals surface area contributed by atoms with Crippen molar-refractivity contribution in [2.24, 2.45) is 0 Å². The molecule has 0 aliphatic heterocycles. The Labute approximate surface area is 141 Å². The summed E-state index contributed by atoms with van der Waals surface area (Å²) in [5.41, 5.74) is 4.57. The molecule has 1 saturated carbocycles. The number of hydrogen-bond donors (Lipinski definition) is 1. The molecule has 4 rings (SSSR count). The van der Waals surface area contributed by atoms with Crippen LogP contribution in [0.2, 0.25) is 0 Å².